The molecule has 2 rings (SSSR count). The van der Waals surface area contributed by atoms with E-state index in [-0.39, 0.29) is 5.78 Å². The Morgan fingerprint density at radius 2 is 1.91 bits per heavy atom. The highest BCUT2D eigenvalue weighted by molar-refractivity contribution is 6.07. The van der Waals surface area contributed by atoms with E-state index in [1.807, 2.05) is 30.3 Å². The molecule has 112 valence electrons. The molecule has 0 aliphatic rings. The van der Waals surface area contributed by atoms with Gasteiger partial charge in [-0.25, -0.2) is 0 Å². The molecule has 3 nitrogen and oxygen atoms in total. The molecule has 0 aliphatic carbocycles. The van der Waals surface area contributed by atoms with Crippen molar-refractivity contribution in [1.82, 2.24) is 0 Å². The highest BCUT2D eigenvalue weighted by atomic mass is 16.5. The van der Waals surface area contributed by atoms with E-state index in [0.717, 1.165) is 11.3 Å². The van der Waals surface area contributed by atoms with Crippen LogP contribution in [0.25, 0.3) is 6.08 Å². The van der Waals surface area contributed by atoms with Gasteiger partial charge in [0, 0.05) is 5.56 Å². The van der Waals surface area contributed by atoms with Crippen LogP contribution in [0.1, 0.15) is 15.9 Å². The maximum absolute atomic E-state index is 12.1. The molecular formula is C19H18O3. The van der Waals surface area contributed by atoms with Crippen LogP contribution in [-0.2, 0) is 0 Å². The van der Waals surface area contributed by atoms with E-state index in [1.165, 1.54) is 0 Å². The van der Waals surface area contributed by atoms with Crippen LogP contribution >= 0.6 is 0 Å². The number of rotatable bonds is 7. The average molecular weight is 294 g/mol. The Morgan fingerprint density at radius 1 is 1.14 bits per heavy atom. The van der Waals surface area contributed by atoms with E-state index in [9.17, 15) is 4.79 Å². The van der Waals surface area contributed by atoms with Gasteiger partial charge in [-0.2, -0.15) is 0 Å². The predicted octanol–water partition coefficient (Wildman–Crippen LogP) is 4.16. The summed E-state index contributed by atoms with van der Waals surface area (Å²) >= 11 is 0. The summed E-state index contributed by atoms with van der Waals surface area (Å²) in [5.74, 6) is 1.38. The number of ketones is 1. The van der Waals surface area contributed by atoms with Crippen LogP contribution in [0, 0.1) is 0 Å². The Balaban J connectivity index is 2.04. The smallest absolute Gasteiger partial charge is 0.185 e. The largest absolute Gasteiger partial charge is 0.497 e. The number of carbonyl (C=O) groups is 1. The van der Waals surface area contributed by atoms with Crippen molar-refractivity contribution in [3.63, 3.8) is 0 Å². The monoisotopic (exact) mass is 294 g/mol. The zero-order valence-electron chi connectivity index (χ0n) is 12.5. The van der Waals surface area contributed by atoms with Crippen LogP contribution in [0.15, 0.2) is 67.3 Å². The van der Waals surface area contributed by atoms with Gasteiger partial charge in [-0.05, 0) is 35.9 Å². The third-order valence-corrected chi connectivity index (χ3v) is 3.03. The van der Waals surface area contributed by atoms with Crippen LogP contribution in [-0.4, -0.2) is 19.5 Å². The summed E-state index contributed by atoms with van der Waals surface area (Å²) in [6.07, 6.45) is 5.02. The molecule has 0 heterocycles. The molecule has 0 bridgehead atoms. The summed E-state index contributed by atoms with van der Waals surface area (Å²) in [5.41, 5.74) is 1.53. The van der Waals surface area contributed by atoms with Crippen molar-refractivity contribution >= 4 is 11.9 Å². The SMILES string of the molecule is C=CCOc1ccc(C=CC(=O)c2cccc(OC)c2)cc1. The van der Waals surface area contributed by atoms with Crippen LogP contribution in [0.3, 0.4) is 0 Å². The molecule has 0 radical (unpaired) electrons. The maximum atomic E-state index is 12.1. The van der Waals surface area contributed by atoms with Crippen LogP contribution in [0.2, 0.25) is 0 Å². The van der Waals surface area contributed by atoms with Crippen LogP contribution < -0.4 is 9.47 Å². The molecule has 2 aromatic carbocycles. The number of benzene rings is 2. The number of allylic oxidation sites excluding steroid dienone is 1. The minimum atomic E-state index is -0.0640. The third kappa shape index (κ3) is 4.35. The Morgan fingerprint density at radius 3 is 2.59 bits per heavy atom. The lowest BCUT2D eigenvalue weighted by molar-refractivity contribution is 0.104. The van der Waals surface area contributed by atoms with Crippen molar-refractivity contribution < 1.29 is 14.3 Å². The van der Waals surface area contributed by atoms with Gasteiger partial charge in [-0.1, -0.05) is 43.0 Å². The van der Waals surface area contributed by atoms with Gasteiger partial charge in [-0.15, -0.1) is 0 Å². The normalized spacial score (nSPS) is 10.4. The highest BCUT2D eigenvalue weighted by Crippen LogP contribution is 2.15. The summed E-state index contributed by atoms with van der Waals surface area (Å²) in [5, 5.41) is 0. The van der Waals surface area contributed by atoms with Gasteiger partial charge in [0.2, 0.25) is 0 Å². The Hall–Kier alpha value is -2.81. The first-order valence-corrected chi connectivity index (χ1v) is 6.93. The second-order valence-corrected chi connectivity index (χ2v) is 4.60. The van der Waals surface area contributed by atoms with E-state index in [1.54, 1.807) is 43.5 Å². The Bertz CT molecular complexity index is 669. The molecule has 0 atom stereocenters. The first-order valence-electron chi connectivity index (χ1n) is 6.93. The molecule has 0 saturated carbocycles. The zero-order chi connectivity index (χ0) is 15.8. The second kappa shape index (κ2) is 7.84. The molecular weight excluding hydrogens is 276 g/mol. The van der Waals surface area contributed by atoms with Crippen LogP contribution in [0.5, 0.6) is 11.5 Å². The molecule has 0 fully saturated rings. The maximum Gasteiger partial charge on any atom is 0.185 e. The lowest BCUT2D eigenvalue weighted by Gasteiger charge is -2.03. The van der Waals surface area contributed by atoms with Gasteiger partial charge in [0.15, 0.2) is 5.78 Å². The van der Waals surface area contributed by atoms with Gasteiger partial charge in [0.1, 0.15) is 18.1 Å². The molecule has 0 amide bonds. The van der Waals surface area contributed by atoms with Gasteiger partial charge in [0.05, 0.1) is 7.11 Å². The van der Waals surface area contributed by atoms with Gasteiger partial charge < -0.3 is 9.47 Å². The second-order valence-electron chi connectivity index (χ2n) is 4.60. The number of carbonyl (C=O) groups excluding carboxylic acids is 1. The zero-order valence-corrected chi connectivity index (χ0v) is 12.5. The highest BCUT2D eigenvalue weighted by Gasteiger charge is 2.03. The summed E-state index contributed by atoms with van der Waals surface area (Å²) in [4.78, 5) is 12.1. The molecule has 2 aromatic rings. The summed E-state index contributed by atoms with van der Waals surface area (Å²) in [6, 6.07) is 14.6. The van der Waals surface area contributed by atoms with E-state index < -0.39 is 0 Å². The van der Waals surface area contributed by atoms with Crippen molar-refractivity contribution in [2.45, 2.75) is 0 Å². The molecule has 3 heteroatoms. The summed E-state index contributed by atoms with van der Waals surface area (Å²) in [6.45, 7) is 4.08. The molecule has 0 spiro atoms. The van der Waals surface area contributed by atoms with Gasteiger partial charge >= 0.3 is 0 Å². The van der Waals surface area contributed by atoms with Crippen molar-refractivity contribution in [3.8, 4) is 11.5 Å². The summed E-state index contributed by atoms with van der Waals surface area (Å²) in [7, 11) is 1.58. The first kappa shape index (κ1) is 15.6. The van der Waals surface area contributed by atoms with E-state index in [0.29, 0.717) is 17.9 Å². The Kier molecular flexibility index (Phi) is 5.55. The topological polar surface area (TPSA) is 35.5 Å². The third-order valence-electron chi connectivity index (χ3n) is 3.03. The lowest BCUT2D eigenvalue weighted by Crippen LogP contribution is -1.95. The number of hydrogen-bond donors (Lipinski definition) is 0. The standard InChI is InChI=1S/C19H18O3/c1-3-13-22-17-10-7-15(8-11-17)9-12-19(20)16-5-4-6-18(14-16)21-2/h3-12,14H,1,13H2,2H3. The van der Waals surface area contributed by atoms with E-state index in [4.69, 9.17) is 9.47 Å². The Labute approximate surface area is 130 Å². The molecule has 0 aliphatic heterocycles. The van der Waals surface area contributed by atoms with Gasteiger partial charge in [0.25, 0.3) is 0 Å². The fourth-order valence-corrected chi connectivity index (χ4v) is 1.87. The number of ether oxygens (including phenoxy) is 2. The van der Waals surface area contributed by atoms with E-state index >= 15 is 0 Å². The van der Waals surface area contributed by atoms with Crippen LogP contribution in [0.4, 0.5) is 0 Å². The number of hydrogen-bond acceptors (Lipinski definition) is 3. The quantitative estimate of drug-likeness (QED) is 0.437. The number of methoxy groups -OCH3 is 1. The van der Waals surface area contributed by atoms with Crippen molar-refractivity contribution in [2.24, 2.45) is 0 Å². The lowest BCUT2D eigenvalue weighted by atomic mass is 10.1. The molecule has 0 N–H and O–H groups in total. The van der Waals surface area contributed by atoms with Gasteiger partial charge in [-0.3, -0.25) is 4.79 Å². The summed E-state index contributed by atoms with van der Waals surface area (Å²) < 4.78 is 10.5. The minimum absolute atomic E-state index is 0.0640. The van der Waals surface area contributed by atoms with Crippen molar-refractivity contribution in [2.75, 3.05) is 13.7 Å². The minimum Gasteiger partial charge on any atom is -0.497 e. The van der Waals surface area contributed by atoms with E-state index in [2.05, 4.69) is 6.58 Å². The average Bonchev–Trinajstić information content (AvgIpc) is 2.58. The molecule has 0 unspecified atom stereocenters. The molecule has 0 saturated heterocycles. The fraction of sp³-hybridized carbons (Fsp3) is 0.105. The molecule has 0 aromatic heterocycles. The fourth-order valence-electron chi connectivity index (χ4n) is 1.87. The van der Waals surface area contributed by atoms with Crippen molar-refractivity contribution in [3.05, 3.63) is 78.4 Å². The molecule has 22 heavy (non-hydrogen) atoms. The van der Waals surface area contributed by atoms with Crippen molar-refractivity contribution in [1.29, 1.82) is 0 Å². The predicted molar refractivity (Wildman–Crippen MR) is 88.5 cm³/mol. The first-order chi connectivity index (χ1) is 10.7.